The van der Waals surface area contributed by atoms with E-state index >= 15 is 0 Å². The van der Waals surface area contributed by atoms with E-state index in [1.54, 1.807) is 24.3 Å². The molecule has 0 radical (unpaired) electrons. The Hall–Kier alpha value is -2.17. The van der Waals surface area contributed by atoms with Crippen LogP contribution in [0.3, 0.4) is 0 Å². The van der Waals surface area contributed by atoms with Crippen LogP contribution >= 0.6 is 44.1 Å². The van der Waals surface area contributed by atoms with E-state index < -0.39 is 11.8 Å². The van der Waals surface area contributed by atoms with Gasteiger partial charge in [0.2, 0.25) is 0 Å². The smallest absolute Gasteiger partial charge is 0.276 e. The average Bonchev–Trinajstić information content (AvgIpc) is 2.82. The van der Waals surface area contributed by atoms with Crippen LogP contribution in [0.1, 0.15) is 55.5 Å². The van der Waals surface area contributed by atoms with Gasteiger partial charge >= 0.3 is 0 Å². The molecule has 0 atom stereocenters. The van der Waals surface area contributed by atoms with E-state index in [-0.39, 0.29) is 11.7 Å². The van der Waals surface area contributed by atoms with Gasteiger partial charge in [0.1, 0.15) is 11.5 Å². The molecule has 2 rings (SSSR count). The summed E-state index contributed by atoms with van der Waals surface area (Å²) in [6.07, 6.45) is 5.39. The topological polar surface area (TPSA) is 88.7 Å². The summed E-state index contributed by atoms with van der Waals surface area (Å²) in [6.45, 7) is 4.63. The van der Waals surface area contributed by atoms with E-state index in [0.717, 1.165) is 29.3 Å². The molecule has 0 fully saturated rings. The molecule has 0 saturated heterocycles. The summed E-state index contributed by atoms with van der Waals surface area (Å²) in [6, 6.07) is 10.7. The number of amides is 2. The summed E-state index contributed by atoms with van der Waals surface area (Å²) in [5, 5.41) is 2.47. The second-order valence-electron chi connectivity index (χ2n) is 7.42. The summed E-state index contributed by atoms with van der Waals surface area (Å²) in [4.78, 5) is 24.5. The number of hydrogen-bond acceptors (Lipinski definition) is 5. The van der Waals surface area contributed by atoms with E-state index in [1.807, 2.05) is 12.1 Å². The third kappa shape index (κ3) is 9.60. The molecule has 0 aliphatic carbocycles. The molecular formula is C24H29Br2N3O4S. The molecule has 10 heteroatoms. The average molecular weight is 615 g/mol. The molecule has 2 aromatic carbocycles. The van der Waals surface area contributed by atoms with Gasteiger partial charge in [-0.2, -0.15) is 0 Å². The van der Waals surface area contributed by atoms with Crippen molar-refractivity contribution >= 4 is 61.0 Å². The van der Waals surface area contributed by atoms with Crippen molar-refractivity contribution in [1.29, 1.82) is 0 Å². The van der Waals surface area contributed by atoms with Crippen LogP contribution < -0.4 is 25.6 Å². The lowest BCUT2D eigenvalue weighted by Crippen LogP contribution is -2.49. The molecule has 0 saturated carbocycles. The standard InChI is InChI=1S/C24H29Br2N3O4S/c1-3-5-6-7-12-32-20-11-9-17(14-19(20)26)23(31)27-24(34)29-28-22(30)15-33-21-10-8-16(4-2)13-18(21)25/h8-11,13-14H,3-7,12,15H2,1-2H3,(H,28,30)(H2,27,29,31,34). The van der Waals surface area contributed by atoms with Crippen LogP contribution in [-0.4, -0.2) is 30.1 Å². The lowest BCUT2D eigenvalue weighted by Gasteiger charge is -2.13. The molecule has 0 spiro atoms. The molecule has 2 aromatic rings. The molecule has 7 nitrogen and oxygen atoms in total. The van der Waals surface area contributed by atoms with Gasteiger partial charge in [0.15, 0.2) is 11.7 Å². The third-order valence-electron chi connectivity index (χ3n) is 4.76. The molecule has 0 aliphatic heterocycles. The van der Waals surface area contributed by atoms with Gasteiger partial charge in [-0.05, 0) is 92.8 Å². The molecule has 3 N–H and O–H groups in total. The number of halogens is 2. The first-order chi connectivity index (χ1) is 16.3. The molecule has 0 bridgehead atoms. The van der Waals surface area contributed by atoms with E-state index in [9.17, 15) is 9.59 Å². The first kappa shape index (κ1) is 28.1. The fourth-order valence-electron chi connectivity index (χ4n) is 2.86. The Kier molecular flexibility index (Phi) is 12.3. The van der Waals surface area contributed by atoms with E-state index in [0.29, 0.717) is 28.1 Å². The Bertz CT molecular complexity index is 1000. The van der Waals surface area contributed by atoms with Crippen LogP contribution in [-0.2, 0) is 11.2 Å². The van der Waals surface area contributed by atoms with Crippen molar-refractivity contribution in [1.82, 2.24) is 16.2 Å². The first-order valence-electron chi connectivity index (χ1n) is 11.1. The predicted molar refractivity (Wildman–Crippen MR) is 144 cm³/mol. The number of carbonyl (C=O) groups excluding carboxylic acids is 2. The number of hydrazine groups is 1. The third-order valence-corrected chi connectivity index (χ3v) is 6.20. The Morgan fingerprint density at radius 3 is 2.29 bits per heavy atom. The van der Waals surface area contributed by atoms with Gasteiger partial charge in [0, 0.05) is 5.56 Å². The molecule has 0 heterocycles. The van der Waals surface area contributed by atoms with Gasteiger partial charge in [0.25, 0.3) is 11.8 Å². The zero-order valence-corrected chi connectivity index (χ0v) is 23.2. The van der Waals surface area contributed by atoms with Gasteiger partial charge in [0.05, 0.1) is 15.6 Å². The fraction of sp³-hybridized carbons (Fsp3) is 0.375. The number of nitrogens with one attached hydrogen (secondary N) is 3. The van der Waals surface area contributed by atoms with Crippen LogP contribution in [0.2, 0.25) is 0 Å². The Morgan fingerprint density at radius 2 is 1.62 bits per heavy atom. The second kappa shape index (κ2) is 15.0. The number of unbranched alkanes of at least 4 members (excludes halogenated alkanes) is 3. The molecule has 34 heavy (non-hydrogen) atoms. The molecule has 2 amide bonds. The molecule has 184 valence electrons. The van der Waals surface area contributed by atoms with Crippen molar-refractivity contribution in [3.63, 3.8) is 0 Å². The summed E-state index contributed by atoms with van der Waals surface area (Å²) < 4.78 is 12.7. The highest BCUT2D eigenvalue weighted by Gasteiger charge is 2.12. The fourth-order valence-corrected chi connectivity index (χ4v) is 4.04. The maximum Gasteiger partial charge on any atom is 0.276 e. The van der Waals surface area contributed by atoms with Crippen LogP contribution in [0.5, 0.6) is 11.5 Å². The normalized spacial score (nSPS) is 10.4. The van der Waals surface area contributed by atoms with Crippen molar-refractivity contribution < 1.29 is 19.1 Å². The molecule has 0 aromatic heterocycles. The molecule has 0 aliphatic rings. The van der Waals surface area contributed by atoms with Crippen LogP contribution in [0, 0.1) is 0 Å². The summed E-state index contributed by atoms with van der Waals surface area (Å²) in [7, 11) is 0. The van der Waals surface area contributed by atoms with Gasteiger partial charge in [-0.25, -0.2) is 0 Å². The number of benzene rings is 2. The minimum Gasteiger partial charge on any atom is -0.492 e. The Morgan fingerprint density at radius 1 is 0.912 bits per heavy atom. The number of thiocarbonyl (C=S) groups is 1. The van der Waals surface area contributed by atoms with Crippen LogP contribution in [0.15, 0.2) is 45.3 Å². The zero-order chi connectivity index (χ0) is 24.9. The van der Waals surface area contributed by atoms with Crippen molar-refractivity contribution in [3.05, 3.63) is 56.5 Å². The SMILES string of the molecule is CCCCCCOc1ccc(C(=O)NC(=S)NNC(=O)COc2ccc(CC)cc2Br)cc1Br. The monoisotopic (exact) mass is 613 g/mol. The maximum atomic E-state index is 12.5. The highest BCUT2D eigenvalue weighted by Crippen LogP contribution is 2.27. The maximum absolute atomic E-state index is 12.5. The number of hydrogen-bond donors (Lipinski definition) is 3. The van der Waals surface area contributed by atoms with Gasteiger partial charge in [-0.3, -0.25) is 25.8 Å². The molecule has 0 unspecified atom stereocenters. The summed E-state index contributed by atoms with van der Waals surface area (Å²) >= 11 is 11.9. The number of aryl methyl sites for hydroxylation is 1. The number of rotatable bonds is 11. The highest BCUT2D eigenvalue weighted by atomic mass is 79.9. The van der Waals surface area contributed by atoms with Crippen molar-refractivity contribution in [3.8, 4) is 11.5 Å². The van der Waals surface area contributed by atoms with Gasteiger partial charge in [-0.15, -0.1) is 0 Å². The summed E-state index contributed by atoms with van der Waals surface area (Å²) in [5.74, 6) is 0.364. The van der Waals surface area contributed by atoms with Crippen molar-refractivity contribution in [2.45, 2.75) is 46.0 Å². The molecular weight excluding hydrogens is 586 g/mol. The number of ether oxygens (including phenoxy) is 2. The van der Waals surface area contributed by atoms with E-state index in [1.165, 1.54) is 12.8 Å². The quantitative estimate of drug-likeness (QED) is 0.177. The highest BCUT2D eigenvalue weighted by molar-refractivity contribution is 9.10. The van der Waals surface area contributed by atoms with Crippen molar-refractivity contribution in [2.24, 2.45) is 0 Å². The Balaban J connectivity index is 1.75. The Labute approximate surface area is 222 Å². The lowest BCUT2D eigenvalue weighted by molar-refractivity contribution is -0.123. The predicted octanol–water partition coefficient (Wildman–Crippen LogP) is 5.45. The van der Waals surface area contributed by atoms with Crippen LogP contribution in [0.25, 0.3) is 0 Å². The van der Waals surface area contributed by atoms with E-state index in [2.05, 4.69) is 61.9 Å². The second-order valence-corrected chi connectivity index (χ2v) is 9.53. The largest absolute Gasteiger partial charge is 0.492 e. The minimum absolute atomic E-state index is 0.0424. The summed E-state index contributed by atoms with van der Waals surface area (Å²) in [5.41, 5.74) is 6.44. The van der Waals surface area contributed by atoms with Gasteiger partial charge < -0.3 is 9.47 Å². The van der Waals surface area contributed by atoms with Gasteiger partial charge in [-0.1, -0.05) is 39.2 Å². The van der Waals surface area contributed by atoms with Crippen LogP contribution in [0.4, 0.5) is 0 Å². The number of carbonyl (C=O) groups is 2. The van der Waals surface area contributed by atoms with Crippen molar-refractivity contribution in [2.75, 3.05) is 13.2 Å². The zero-order valence-electron chi connectivity index (χ0n) is 19.2. The van der Waals surface area contributed by atoms with E-state index in [4.69, 9.17) is 21.7 Å². The lowest BCUT2D eigenvalue weighted by atomic mass is 10.2. The minimum atomic E-state index is -0.453. The first-order valence-corrected chi connectivity index (χ1v) is 13.1.